The van der Waals surface area contributed by atoms with E-state index in [1.54, 1.807) is 6.20 Å². The van der Waals surface area contributed by atoms with Crippen molar-refractivity contribution >= 4 is 34.5 Å². The Kier molecular flexibility index (Phi) is 4.85. The fourth-order valence-corrected chi connectivity index (χ4v) is 3.46. The zero-order chi connectivity index (χ0) is 17.1. The van der Waals surface area contributed by atoms with Crippen molar-refractivity contribution in [2.45, 2.75) is 37.6 Å². The van der Waals surface area contributed by atoms with Gasteiger partial charge in [-0.3, -0.25) is 4.79 Å². The lowest BCUT2D eigenvalue weighted by atomic mass is 10.1. The van der Waals surface area contributed by atoms with Crippen molar-refractivity contribution in [1.82, 2.24) is 15.0 Å². The van der Waals surface area contributed by atoms with Crippen LogP contribution in [-0.4, -0.2) is 26.1 Å². The van der Waals surface area contributed by atoms with E-state index in [0.29, 0.717) is 17.2 Å². The first-order chi connectivity index (χ1) is 11.6. The van der Waals surface area contributed by atoms with Crippen LogP contribution in [0, 0.1) is 13.8 Å². The van der Waals surface area contributed by atoms with Crippen LogP contribution in [0.25, 0.3) is 11.2 Å². The van der Waals surface area contributed by atoms with Crippen molar-refractivity contribution in [3.8, 4) is 0 Å². The highest BCUT2D eigenvalue weighted by molar-refractivity contribution is 8.00. The highest BCUT2D eigenvalue weighted by Gasteiger charge is 2.21. The number of hydrogen-bond donors (Lipinski definition) is 2. The van der Waals surface area contributed by atoms with E-state index in [9.17, 15) is 4.79 Å². The number of imidazole rings is 1. The third kappa shape index (κ3) is 3.43. The Morgan fingerprint density at radius 1 is 1.25 bits per heavy atom. The molecule has 0 spiro atoms. The fourth-order valence-electron chi connectivity index (χ4n) is 2.55. The third-order valence-electron chi connectivity index (χ3n) is 3.88. The summed E-state index contributed by atoms with van der Waals surface area (Å²) in [5, 5.41) is 3.56. The van der Waals surface area contributed by atoms with Crippen LogP contribution in [0.4, 0.5) is 5.69 Å². The Labute approximate surface area is 145 Å². The molecular weight excluding hydrogens is 320 g/mol. The summed E-state index contributed by atoms with van der Waals surface area (Å²) in [4.78, 5) is 24.5. The lowest BCUT2D eigenvalue weighted by Gasteiger charge is -2.16. The fraction of sp³-hybridized carbons (Fsp3) is 0.278. The Bertz CT molecular complexity index is 821. The number of carbonyl (C=O) groups is 1. The minimum Gasteiger partial charge on any atom is -0.332 e. The molecule has 1 aromatic carbocycles. The van der Waals surface area contributed by atoms with Gasteiger partial charge in [-0.25, -0.2) is 9.97 Å². The first-order valence-corrected chi connectivity index (χ1v) is 8.81. The lowest BCUT2D eigenvalue weighted by Crippen LogP contribution is -2.25. The third-order valence-corrected chi connectivity index (χ3v) is 5.13. The van der Waals surface area contributed by atoms with Crippen LogP contribution in [0.5, 0.6) is 0 Å². The quantitative estimate of drug-likeness (QED) is 0.687. The number of H-pyrrole nitrogens is 1. The smallest absolute Gasteiger partial charge is 0.237 e. The SMILES string of the molecule is CCC(Sc1nc2ncccc2[nH]1)C(=O)Nc1c(C)cccc1C. The van der Waals surface area contributed by atoms with E-state index in [4.69, 9.17) is 0 Å². The summed E-state index contributed by atoms with van der Waals surface area (Å²) in [5.74, 6) is -0.00619. The standard InChI is InChI=1S/C18H20N4OS/c1-4-14(17(23)21-15-11(2)7-5-8-12(15)3)24-18-20-13-9-6-10-19-16(13)22-18/h5-10,14H,4H2,1-3H3,(H,21,23)(H,19,20,22). The number of nitrogens with zero attached hydrogens (tertiary/aromatic N) is 2. The minimum absolute atomic E-state index is 0.00619. The maximum absolute atomic E-state index is 12.7. The molecule has 1 amide bonds. The molecule has 2 heterocycles. The van der Waals surface area contributed by atoms with Crippen molar-refractivity contribution in [2.75, 3.05) is 5.32 Å². The van der Waals surface area contributed by atoms with Gasteiger partial charge < -0.3 is 10.3 Å². The monoisotopic (exact) mass is 340 g/mol. The van der Waals surface area contributed by atoms with E-state index in [1.165, 1.54) is 11.8 Å². The number of hydrogen-bond acceptors (Lipinski definition) is 4. The maximum Gasteiger partial charge on any atom is 0.237 e. The molecule has 24 heavy (non-hydrogen) atoms. The van der Waals surface area contributed by atoms with E-state index in [-0.39, 0.29) is 11.2 Å². The molecule has 1 unspecified atom stereocenters. The molecule has 2 aromatic heterocycles. The Balaban J connectivity index is 1.77. The Morgan fingerprint density at radius 3 is 2.67 bits per heavy atom. The van der Waals surface area contributed by atoms with Crippen molar-refractivity contribution in [3.05, 3.63) is 47.7 Å². The number of aromatic amines is 1. The van der Waals surface area contributed by atoms with Gasteiger partial charge in [0.2, 0.25) is 5.91 Å². The molecule has 124 valence electrons. The molecule has 3 aromatic rings. The summed E-state index contributed by atoms with van der Waals surface area (Å²) in [5.41, 5.74) is 4.58. The van der Waals surface area contributed by atoms with Crippen LogP contribution in [0.1, 0.15) is 24.5 Å². The second-order valence-electron chi connectivity index (χ2n) is 5.69. The van der Waals surface area contributed by atoms with Gasteiger partial charge in [0.1, 0.15) is 0 Å². The molecule has 0 radical (unpaired) electrons. The number of aryl methyl sites for hydroxylation is 2. The van der Waals surface area contributed by atoms with Crippen molar-refractivity contribution in [3.63, 3.8) is 0 Å². The average molecular weight is 340 g/mol. The van der Waals surface area contributed by atoms with Gasteiger partial charge in [-0.05, 0) is 43.5 Å². The zero-order valence-electron chi connectivity index (χ0n) is 14.0. The first-order valence-electron chi connectivity index (χ1n) is 7.93. The number of benzene rings is 1. The number of pyridine rings is 1. The van der Waals surface area contributed by atoms with E-state index >= 15 is 0 Å². The zero-order valence-corrected chi connectivity index (χ0v) is 14.8. The van der Waals surface area contributed by atoms with Gasteiger partial charge >= 0.3 is 0 Å². The number of para-hydroxylation sites is 1. The van der Waals surface area contributed by atoms with Crippen molar-refractivity contribution in [1.29, 1.82) is 0 Å². The maximum atomic E-state index is 12.7. The first kappa shape index (κ1) is 16.5. The molecular formula is C18H20N4OS. The number of carbonyl (C=O) groups excluding carboxylic acids is 1. The number of fused-ring (bicyclic) bond motifs is 1. The summed E-state index contributed by atoms with van der Waals surface area (Å²) in [6.07, 6.45) is 2.43. The van der Waals surface area contributed by atoms with Gasteiger partial charge in [0, 0.05) is 11.9 Å². The molecule has 0 saturated carbocycles. The van der Waals surface area contributed by atoms with Crippen LogP contribution >= 0.6 is 11.8 Å². The van der Waals surface area contributed by atoms with Gasteiger partial charge in [-0.2, -0.15) is 0 Å². The predicted octanol–water partition coefficient (Wildman–Crippen LogP) is 4.08. The van der Waals surface area contributed by atoms with Crippen LogP contribution in [0.15, 0.2) is 41.7 Å². The average Bonchev–Trinajstić information content (AvgIpc) is 2.98. The minimum atomic E-state index is -0.218. The number of nitrogens with one attached hydrogen (secondary N) is 2. The number of thioether (sulfide) groups is 1. The van der Waals surface area contributed by atoms with Crippen LogP contribution in [-0.2, 0) is 4.79 Å². The van der Waals surface area contributed by atoms with Crippen LogP contribution in [0.2, 0.25) is 0 Å². The van der Waals surface area contributed by atoms with Crippen molar-refractivity contribution < 1.29 is 4.79 Å². The topological polar surface area (TPSA) is 70.7 Å². The van der Waals surface area contributed by atoms with E-state index < -0.39 is 0 Å². The van der Waals surface area contributed by atoms with Crippen LogP contribution < -0.4 is 5.32 Å². The van der Waals surface area contributed by atoms with E-state index in [1.807, 2.05) is 51.1 Å². The number of rotatable bonds is 5. The molecule has 1 atom stereocenters. The van der Waals surface area contributed by atoms with Gasteiger partial charge in [0.15, 0.2) is 10.8 Å². The van der Waals surface area contributed by atoms with Gasteiger partial charge in [-0.1, -0.05) is 36.9 Å². The molecule has 0 aliphatic carbocycles. The number of aromatic nitrogens is 3. The molecule has 0 aliphatic heterocycles. The molecule has 3 rings (SSSR count). The Morgan fingerprint density at radius 2 is 2.00 bits per heavy atom. The number of anilines is 1. The van der Waals surface area contributed by atoms with Gasteiger partial charge in [0.05, 0.1) is 10.8 Å². The second-order valence-corrected chi connectivity index (χ2v) is 6.88. The highest BCUT2D eigenvalue weighted by Crippen LogP contribution is 2.27. The van der Waals surface area contributed by atoms with Crippen molar-refractivity contribution in [2.24, 2.45) is 0 Å². The summed E-state index contributed by atoms with van der Waals surface area (Å²) >= 11 is 1.43. The molecule has 0 bridgehead atoms. The van der Waals surface area contributed by atoms with E-state index in [0.717, 1.165) is 22.3 Å². The van der Waals surface area contributed by atoms with Gasteiger partial charge in [-0.15, -0.1) is 0 Å². The highest BCUT2D eigenvalue weighted by atomic mass is 32.2. The molecule has 0 aliphatic rings. The molecule has 5 nitrogen and oxygen atoms in total. The largest absolute Gasteiger partial charge is 0.332 e. The molecule has 2 N–H and O–H groups in total. The normalized spacial score (nSPS) is 12.3. The Hall–Kier alpha value is -2.34. The summed E-state index contributed by atoms with van der Waals surface area (Å²) in [6, 6.07) is 9.79. The summed E-state index contributed by atoms with van der Waals surface area (Å²) < 4.78 is 0. The van der Waals surface area contributed by atoms with E-state index in [2.05, 4.69) is 20.3 Å². The van der Waals surface area contributed by atoms with Crippen LogP contribution in [0.3, 0.4) is 0 Å². The number of amides is 1. The van der Waals surface area contributed by atoms with Gasteiger partial charge in [0.25, 0.3) is 0 Å². The molecule has 0 saturated heterocycles. The molecule has 6 heteroatoms. The summed E-state index contributed by atoms with van der Waals surface area (Å²) in [7, 11) is 0. The lowest BCUT2D eigenvalue weighted by molar-refractivity contribution is -0.115. The molecule has 0 fully saturated rings. The predicted molar refractivity (Wildman–Crippen MR) is 98.4 cm³/mol. The summed E-state index contributed by atoms with van der Waals surface area (Å²) in [6.45, 7) is 6.01. The second kappa shape index (κ2) is 7.05.